The van der Waals surface area contributed by atoms with Crippen LogP contribution in [0.15, 0.2) is 36.4 Å². The third kappa shape index (κ3) is 6.08. The molecule has 0 fully saturated rings. The van der Waals surface area contributed by atoms with Crippen molar-refractivity contribution in [2.45, 2.75) is 13.2 Å². The second-order valence-corrected chi connectivity index (χ2v) is 6.78. The Labute approximate surface area is 159 Å². The van der Waals surface area contributed by atoms with Gasteiger partial charge in [0.25, 0.3) is 0 Å². The predicted molar refractivity (Wildman–Crippen MR) is 104 cm³/mol. The lowest BCUT2D eigenvalue weighted by Crippen LogP contribution is -2.26. The van der Waals surface area contributed by atoms with E-state index >= 15 is 0 Å². The van der Waals surface area contributed by atoms with Crippen LogP contribution in [0.3, 0.4) is 0 Å². The lowest BCUT2D eigenvalue weighted by Gasteiger charge is -2.16. The van der Waals surface area contributed by atoms with E-state index in [0.29, 0.717) is 28.9 Å². The van der Waals surface area contributed by atoms with Gasteiger partial charge < -0.3 is 19.7 Å². The summed E-state index contributed by atoms with van der Waals surface area (Å²) >= 11 is 12.0. The summed E-state index contributed by atoms with van der Waals surface area (Å²) in [6.07, 6.45) is 0. The van der Waals surface area contributed by atoms with Gasteiger partial charge in [0.05, 0.1) is 17.2 Å². The van der Waals surface area contributed by atoms with Crippen LogP contribution < -0.4 is 14.8 Å². The molecule has 2 aromatic rings. The Bertz CT molecular complexity index is 693. The second-order valence-electron chi connectivity index (χ2n) is 5.97. The van der Waals surface area contributed by atoms with E-state index in [2.05, 4.69) is 24.3 Å². The Hall–Kier alpha value is -1.46. The third-order valence-corrected chi connectivity index (χ3v) is 4.44. The highest BCUT2D eigenvalue weighted by atomic mass is 35.5. The molecule has 0 bridgehead atoms. The van der Waals surface area contributed by atoms with E-state index in [1.807, 2.05) is 30.3 Å². The fourth-order valence-electron chi connectivity index (χ4n) is 2.34. The number of rotatable bonds is 9. The number of benzene rings is 2. The van der Waals surface area contributed by atoms with Gasteiger partial charge in [0, 0.05) is 25.2 Å². The van der Waals surface area contributed by atoms with Gasteiger partial charge in [-0.05, 0) is 37.9 Å². The second kappa shape index (κ2) is 9.88. The average molecular weight is 383 g/mol. The molecule has 0 aromatic heterocycles. The monoisotopic (exact) mass is 382 g/mol. The van der Waals surface area contributed by atoms with E-state index in [1.165, 1.54) is 0 Å². The molecule has 0 atom stereocenters. The van der Waals surface area contributed by atoms with Crippen LogP contribution in [0, 0.1) is 0 Å². The van der Waals surface area contributed by atoms with E-state index in [0.717, 1.165) is 30.0 Å². The van der Waals surface area contributed by atoms with Crippen molar-refractivity contribution in [3.05, 3.63) is 57.6 Å². The topological polar surface area (TPSA) is 33.7 Å². The molecule has 0 aliphatic heterocycles. The molecule has 25 heavy (non-hydrogen) atoms. The van der Waals surface area contributed by atoms with Crippen LogP contribution in [0.5, 0.6) is 11.5 Å². The quantitative estimate of drug-likeness (QED) is 0.657. The summed E-state index contributed by atoms with van der Waals surface area (Å²) in [5, 5.41) is 4.48. The van der Waals surface area contributed by atoms with Gasteiger partial charge in [-0.25, -0.2) is 0 Å². The van der Waals surface area contributed by atoms with Crippen molar-refractivity contribution in [3.63, 3.8) is 0 Å². The first-order valence-electron chi connectivity index (χ1n) is 8.09. The summed E-state index contributed by atoms with van der Waals surface area (Å²) in [5.41, 5.74) is 2.00. The molecule has 0 saturated carbocycles. The van der Waals surface area contributed by atoms with Crippen LogP contribution in [0.4, 0.5) is 0 Å². The van der Waals surface area contributed by atoms with Crippen molar-refractivity contribution in [1.29, 1.82) is 0 Å². The van der Waals surface area contributed by atoms with E-state index in [9.17, 15) is 0 Å². The van der Waals surface area contributed by atoms with Crippen molar-refractivity contribution >= 4 is 23.2 Å². The summed E-state index contributed by atoms with van der Waals surface area (Å²) < 4.78 is 11.5. The number of methoxy groups -OCH3 is 1. The molecule has 1 N–H and O–H groups in total. The van der Waals surface area contributed by atoms with Gasteiger partial charge in [0.15, 0.2) is 11.5 Å². The molecule has 0 unspecified atom stereocenters. The van der Waals surface area contributed by atoms with Crippen molar-refractivity contribution in [2.24, 2.45) is 0 Å². The SMILES string of the molecule is COc1cccc(CNCCN(C)C)c1OCc1ccc(Cl)c(Cl)c1. The highest BCUT2D eigenvalue weighted by Gasteiger charge is 2.11. The highest BCUT2D eigenvalue weighted by Crippen LogP contribution is 2.32. The van der Waals surface area contributed by atoms with Crippen LogP contribution in [0.2, 0.25) is 10.0 Å². The minimum atomic E-state index is 0.391. The maximum absolute atomic E-state index is 6.07. The number of hydrogen-bond acceptors (Lipinski definition) is 4. The fourth-order valence-corrected chi connectivity index (χ4v) is 2.66. The van der Waals surface area contributed by atoms with Crippen LogP contribution >= 0.6 is 23.2 Å². The Balaban J connectivity index is 2.07. The molecular weight excluding hydrogens is 359 g/mol. The molecule has 0 radical (unpaired) electrons. The Morgan fingerprint density at radius 2 is 1.88 bits per heavy atom. The van der Waals surface area contributed by atoms with Gasteiger partial charge in [0.1, 0.15) is 6.61 Å². The molecule has 0 amide bonds. The van der Waals surface area contributed by atoms with Crippen LogP contribution in [0.1, 0.15) is 11.1 Å². The number of hydrogen-bond donors (Lipinski definition) is 1. The Morgan fingerprint density at radius 3 is 2.56 bits per heavy atom. The van der Waals surface area contributed by atoms with Gasteiger partial charge in [-0.2, -0.15) is 0 Å². The lowest BCUT2D eigenvalue weighted by molar-refractivity contribution is 0.280. The fraction of sp³-hybridized carbons (Fsp3) is 0.368. The van der Waals surface area contributed by atoms with Crippen molar-refractivity contribution < 1.29 is 9.47 Å². The number of likely N-dealkylation sites (N-methyl/N-ethyl adjacent to an activating group) is 1. The molecule has 2 aromatic carbocycles. The van der Waals surface area contributed by atoms with Crippen LogP contribution in [-0.4, -0.2) is 39.2 Å². The van der Waals surface area contributed by atoms with E-state index in [4.69, 9.17) is 32.7 Å². The number of halogens is 2. The molecule has 0 aliphatic carbocycles. The van der Waals surface area contributed by atoms with Crippen molar-refractivity contribution in [3.8, 4) is 11.5 Å². The van der Waals surface area contributed by atoms with Crippen LogP contribution in [0.25, 0.3) is 0 Å². The molecule has 6 heteroatoms. The van der Waals surface area contributed by atoms with E-state index in [-0.39, 0.29) is 0 Å². The minimum Gasteiger partial charge on any atom is -0.493 e. The van der Waals surface area contributed by atoms with E-state index < -0.39 is 0 Å². The molecule has 2 rings (SSSR count). The predicted octanol–water partition coefficient (Wildman–Crippen LogP) is 4.23. The maximum Gasteiger partial charge on any atom is 0.166 e. The van der Waals surface area contributed by atoms with Gasteiger partial charge in [-0.1, -0.05) is 41.4 Å². The standard InChI is InChI=1S/C19H24Cl2N2O2/c1-23(2)10-9-22-12-15-5-4-6-18(24-3)19(15)25-13-14-7-8-16(20)17(21)11-14/h4-8,11,22H,9-10,12-13H2,1-3H3. The molecule has 0 aliphatic rings. The first kappa shape index (κ1) is 19.9. The smallest absolute Gasteiger partial charge is 0.166 e. The number of ether oxygens (including phenoxy) is 2. The van der Waals surface area contributed by atoms with Gasteiger partial charge >= 0.3 is 0 Å². The summed E-state index contributed by atoms with van der Waals surface area (Å²) in [7, 11) is 5.75. The van der Waals surface area contributed by atoms with Crippen molar-refractivity contribution in [2.75, 3.05) is 34.3 Å². The zero-order valence-corrected chi connectivity index (χ0v) is 16.3. The maximum atomic E-state index is 6.07. The normalized spacial score (nSPS) is 11.0. The molecular formula is C19H24Cl2N2O2. The zero-order valence-electron chi connectivity index (χ0n) is 14.8. The third-order valence-electron chi connectivity index (χ3n) is 3.70. The lowest BCUT2D eigenvalue weighted by atomic mass is 10.1. The average Bonchev–Trinajstić information content (AvgIpc) is 2.59. The molecule has 0 saturated heterocycles. The van der Waals surface area contributed by atoms with Gasteiger partial charge in [0.2, 0.25) is 0 Å². The Morgan fingerprint density at radius 1 is 1.08 bits per heavy atom. The number of para-hydroxylation sites is 1. The summed E-state index contributed by atoms with van der Waals surface area (Å²) in [6, 6.07) is 11.4. The highest BCUT2D eigenvalue weighted by molar-refractivity contribution is 6.42. The molecule has 0 heterocycles. The molecule has 136 valence electrons. The largest absolute Gasteiger partial charge is 0.493 e. The number of nitrogens with one attached hydrogen (secondary N) is 1. The summed E-state index contributed by atoms with van der Waals surface area (Å²) in [6.45, 7) is 2.98. The summed E-state index contributed by atoms with van der Waals surface area (Å²) in [5.74, 6) is 1.46. The minimum absolute atomic E-state index is 0.391. The van der Waals surface area contributed by atoms with Gasteiger partial charge in [-0.15, -0.1) is 0 Å². The zero-order chi connectivity index (χ0) is 18.2. The van der Waals surface area contributed by atoms with Gasteiger partial charge in [-0.3, -0.25) is 0 Å². The number of nitrogens with zero attached hydrogens (tertiary/aromatic N) is 1. The Kier molecular flexibility index (Phi) is 7.85. The molecule has 4 nitrogen and oxygen atoms in total. The van der Waals surface area contributed by atoms with Crippen LogP contribution in [-0.2, 0) is 13.2 Å². The summed E-state index contributed by atoms with van der Waals surface area (Å²) in [4.78, 5) is 2.14. The van der Waals surface area contributed by atoms with E-state index in [1.54, 1.807) is 13.2 Å². The first-order valence-corrected chi connectivity index (χ1v) is 8.85. The first-order chi connectivity index (χ1) is 12.0. The van der Waals surface area contributed by atoms with Crippen molar-refractivity contribution in [1.82, 2.24) is 10.2 Å². The molecule has 0 spiro atoms.